The molecular formula is C21H18N4O. The van der Waals surface area contributed by atoms with Gasteiger partial charge in [-0.2, -0.15) is 10.4 Å². The van der Waals surface area contributed by atoms with Crippen LogP contribution in [-0.2, 0) is 6.54 Å². The van der Waals surface area contributed by atoms with Crippen molar-refractivity contribution in [3.05, 3.63) is 58.6 Å². The fourth-order valence-corrected chi connectivity index (χ4v) is 3.17. The number of benzene rings is 1. The van der Waals surface area contributed by atoms with Crippen LogP contribution in [0.15, 0.2) is 35.9 Å². The predicted octanol–water partition coefficient (Wildman–Crippen LogP) is 3.64. The second kappa shape index (κ2) is 6.74. The first-order valence-electron chi connectivity index (χ1n) is 8.19. The number of aryl methyl sites for hydroxylation is 2. The van der Waals surface area contributed by atoms with Crippen LogP contribution in [0.25, 0.3) is 17.0 Å². The lowest BCUT2D eigenvalue weighted by atomic mass is 10.1. The molecule has 26 heavy (non-hydrogen) atoms. The van der Waals surface area contributed by atoms with E-state index in [2.05, 4.69) is 11.0 Å². The largest absolute Gasteiger partial charge is 0.333 e. The number of carbonyl (C=O) groups is 1. The monoisotopic (exact) mass is 342 g/mol. The molecule has 5 nitrogen and oxygen atoms in total. The van der Waals surface area contributed by atoms with Crippen LogP contribution in [0.5, 0.6) is 0 Å². The Morgan fingerprint density at radius 2 is 2.04 bits per heavy atom. The summed E-state index contributed by atoms with van der Waals surface area (Å²) >= 11 is 0. The Bertz CT molecular complexity index is 1130. The molecule has 0 N–H and O–H groups in total. The highest BCUT2D eigenvalue weighted by Gasteiger charge is 2.18. The van der Waals surface area contributed by atoms with Crippen LogP contribution in [0.4, 0.5) is 0 Å². The van der Waals surface area contributed by atoms with Crippen LogP contribution in [0.1, 0.15) is 27.4 Å². The van der Waals surface area contributed by atoms with Gasteiger partial charge in [-0.1, -0.05) is 24.1 Å². The van der Waals surface area contributed by atoms with Crippen LogP contribution in [0.2, 0.25) is 0 Å². The minimum Gasteiger partial charge on any atom is -0.333 e. The molecule has 0 aliphatic rings. The van der Waals surface area contributed by atoms with E-state index in [-0.39, 0.29) is 5.57 Å². The Labute approximate surface area is 152 Å². The zero-order valence-corrected chi connectivity index (χ0v) is 14.9. The first-order chi connectivity index (χ1) is 12.5. The number of hydrogen-bond donors (Lipinski definition) is 0. The van der Waals surface area contributed by atoms with Gasteiger partial charge in [-0.05, 0) is 39.0 Å². The predicted molar refractivity (Wildman–Crippen MR) is 101 cm³/mol. The van der Waals surface area contributed by atoms with Gasteiger partial charge in [-0.15, -0.1) is 6.42 Å². The van der Waals surface area contributed by atoms with Gasteiger partial charge in [0.2, 0.25) is 0 Å². The molecule has 1 aromatic carbocycles. The van der Waals surface area contributed by atoms with E-state index in [0.717, 1.165) is 27.9 Å². The third-order valence-electron chi connectivity index (χ3n) is 4.37. The van der Waals surface area contributed by atoms with Crippen molar-refractivity contribution in [2.45, 2.75) is 27.3 Å². The Hall–Kier alpha value is -3.57. The summed E-state index contributed by atoms with van der Waals surface area (Å²) in [6.45, 7) is 5.96. The quantitative estimate of drug-likeness (QED) is 0.415. The lowest BCUT2D eigenvalue weighted by molar-refractivity contribution is 0.0944. The van der Waals surface area contributed by atoms with Crippen molar-refractivity contribution in [3.63, 3.8) is 0 Å². The third-order valence-corrected chi connectivity index (χ3v) is 4.37. The zero-order valence-electron chi connectivity index (χ0n) is 14.9. The van der Waals surface area contributed by atoms with Gasteiger partial charge in [0.25, 0.3) is 5.91 Å². The van der Waals surface area contributed by atoms with Crippen molar-refractivity contribution in [1.29, 1.82) is 5.26 Å². The van der Waals surface area contributed by atoms with E-state index in [4.69, 9.17) is 6.42 Å². The molecule has 0 bridgehead atoms. The van der Waals surface area contributed by atoms with Crippen molar-refractivity contribution >= 4 is 22.9 Å². The zero-order chi connectivity index (χ0) is 18.8. The minimum absolute atomic E-state index is 0.0305. The number of hydrogen-bond acceptors (Lipinski definition) is 3. The van der Waals surface area contributed by atoms with Crippen LogP contribution in [0.3, 0.4) is 0 Å². The van der Waals surface area contributed by atoms with E-state index in [1.807, 2.05) is 48.7 Å². The first-order valence-corrected chi connectivity index (χ1v) is 8.19. The maximum Gasteiger partial charge on any atom is 0.289 e. The summed E-state index contributed by atoms with van der Waals surface area (Å²) in [6.07, 6.45) is 7.12. The smallest absolute Gasteiger partial charge is 0.289 e. The van der Waals surface area contributed by atoms with E-state index in [0.29, 0.717) is 12.2 Å². The number of nitrogens with zero attached hydrogens (tertiary/aromatic N) is 4. The van der Waals surface area contributed by atoms with Gasteiger partial charge in [-0.25, -0.2) is 4.68 Å². The molecule has 0 unspecified atom stereocenters. The number of nitriles is 1. The molecule has 0 fully saturated rings. The molecule has 2 heterocycles. The van der Waals surface area contributed by atoms with E-state index in [9.17, 15) is 10.1 Å². The summed E-state index contributed by atoms with van der Waals surface area (Å²) in [7, 11) is 0. The number of carbonyl (C=O) groups excluding carboxylic acids is 1. The summed E-state index contributed by atoms with van der Waals surface area (Å²) in [4.78, 5) is 12.8. The lowest BCUT2D eigenvalue weighted by Crippen LogP contribution is -2.15. The summed E-state index contributed by atoms with van der Waals surface area (Å²) in [5, 5.41) is 14.7. The van der Waals surface area contributed by atoms with E-state index in [1.165, 1.54) is 4.68 Å². The van der Waals surface area contributed by atoms with Crippen molar-refractivity contribution in [2.24, 2.45) is 0 Å². The van der Waals surface area contributed by atoms with Gasteiger partial charge in [0.15, 0.2) is 0 Å². The van der Waals surface area contributed by atoms with Gasteiger partial charge < -0.3 is 4.57 Å². The average Bonchev–Trinajstić information content (AvgIpc) is 3.10. The molecule has 2 aromatic heterocycles. The number of allylic oxidation sites excluding steroid dienone is 1. The molecular weight excluding hydrogens is 324 g/mol. The highest BCUT2D eigenvalue weighted by molar-refractivity contribution is 6.05. The molecule has 3 aromatic rings. The number of para-hydroxylation sites is 1. The maximum atomic E-state index is 12.8. The van der Waals surface area contributed by atoms with E-state index < -0.39 is 5.91 Å². The molecule has 128 valence electrons. The van der Waals surface area contributed by atoms with Crippen LogP contribution in [0, 0.1) is 44.4 Å². The molecule has 0 amide bonds. The molecule has 0 aliphatic carbocycles. The summed E-state index contributed by atoms with van der Waals surface area (Å²) < 4.78 is 3.27. The Balaban J connectivity index is 2.18. The lowest BCUT2D eigenvalue weighted by Gasteiger charge is -2.04. The molecule has 5 heteroatoms. The maximum absolute atomic E-state index is 12.8. The number of terminal acetylenes is 1. The van der Waals surface area contributed by atoms with E-state index in [1.54, 1.807) is 19.1 Å². The second-order valence-corrected chi connectivity index (χ2v) is 6.12. The van der Waals surface area contributed by atoms with Gasteiger partial charge in [0.1, 0.15) is 11.6 Å². The molecule has 0 saturated heterocycles. The van der Waals surface area contributed by atoms with Crippen LogP contribution in [-0.4, -0.2) is 20.3 Å². The molecule has 0 spiro atoms. The number of fused-ring (bicyclic) bond motifs is 1. The summed E-state index contributed by atoms with van der Waals surface area (Å²) in [6, 6.07) is 11.6. The standard InChI is InChI=1S/C21H18N4O/c1-5-10-24-16(4)19(18-8-6-7-9-20(18)24)12-17(13-22)21(26)25-15(3)11-14(2)23-25/h1,6-9,11-12H,10H2,2-4H3/b17-12+. The minimum atomic E-state index is -0.439. The highest BCUT2D eigenvalue weighted by atomic mass is 16.2. The molecule has 0 radical (unpaired) electrons. The normalized spacial score (nSPS) is 11.3. The topological polar surface area (TPSA) is 63.6 Å². The Morgan fingerprint density at radius 1 is 1.31 bits per heavy atom. The van der Waals surface area contributed by atoms with Crippen molar-refractivity contribution < 1.29 is 4.79 Å². The van der Waals surface area contributed by atoms with E-state index >= 15 is 0 Å². The Morgan fingerprint density at radius 3 is 2.65 bits per heavy atom. The van der Waals surface area contributed by atoms with Gasteiger partial charge in [0.05, 0.1) is 12.2 Å². The van der Waals surface area contributed by atoms with Crippen molar-refractivity contribution in [3.8, 4) is 18.4 Å². The molecule has 0 atom stereocenters. The number of aromatic nitrogens is 3. The van der Waals surface area contributed by atoms with Crippen molar-refractivity contribution in [2.75, 3.05) is 0 Å². The fraction of sp³-hybridized carbons (Fsp3) is 0.190. The summed E-state index contributed by atoms with van der Waals surface area (Å²) in [5.41, 5.74) is 4.17. The van der Waals surface area contributed by atoms with Gasteiger partial charge in [-0.3, -0.25) is 4.79 Å². The molecule has 3 rings (SSSR count). The number of rotatable bonds is 3. The van der Waals surface area contributed by atoms with Crippen LogP contribution < -0.4 is 0 Å². The van der Waals surface area contributed by atoms with Crippen LogP contribution >= 0.6 is 0 Å². The SMILES string of the molecule is C#CCn1c(C)c(/C=C(\C#N)C(=O)n2nc(C)cc2C)c2ccccc21. The average molecular weight is 342 g/mol. The Kier molecular flexibility index (Phi) is 4.47. The second-order valence-electron chi connectivity index (χ2n) is 6.12. The van der Waals surface area contributed by atoms with Gasteiger partial charge in [0, 0.05) is 27.9 Å². The summed E-state index contributed by atoms with van der Waals surface area (Å²) in [5.74, 6) is 2.21. The fourth-order valence-electron chi connectivity index (χ4n) is 3.17. The van der Waals surface area contributed by atoms with Gasteiger partial charge >= 0.3 is 0 Å². The third kappa shape index (κ3) is 2.81. The van der Waals surface area contributed by atoms with Crippen molar-refractivity contribution in [1.82, 2.24) is 14.3 Å². The highest BCUT2D eigenvalue weighted by Crippen LogP contribution is 2.28. The molecule has 0 saturated carbocycles. The first kappa shape index (κ1) is 17.3. The molecule has 0 aliphatic heterocycles.